The molecule has 0 saturated heterocycles. The quantitative estimate of drug-likeness (QED) is 0.348. The van der Waals surface area contributed by atoms with E-state index in [9.17, 15) is 0 Å². The summed E-state index contributed by atoms with van der Waals surface area (Å²) in [5.41, 5.74) is 0. The average Bonchev–Trinajstić information content (AvgIpc) is 0.722. The molecule has 0 rings (SSSR count). The molecule has 3 N–H and O–H groups in total. The molecule has 0 aliphatic heterocycles. The predicted molar refractivity (Wildman–Crippen MR) is 20.0 cm³/mol. The molecule has 0 heterocycles. The van der Waals surface area contributed by atoms with Crippen molar-refractivity contribution in [3.05, 3.63) is 0 Å². The molecule has 40 valence electrons. The Morgan fingerprint density at radius 3 is 1.14 bits per heavy atom. The Balaban J connectivity index is -0.0000000800. The van der Waals surface area contributed by atoms with E-state index in [0.717, 1.165) is 0 Å². The molecule has 7 heavy (non-hydrogen) atoms. The van der Waals surface area contributed by atoms with Gasteiger partial charge >= 0.3 is 7.82 Å². The van der Waals surface area contributed by atoms with Crippen LogP contribution in [0.25, 0.3) is 0 Å². The maximum Gasteiger partial charge on any atom is 0.466 e. The first-order valence-electron chi connectivity index (χ1n) is 0.783. The van der Waals surface area contributed by atoms with Gasteiger partial charge in [0.25, 0.3) is 0 Å². The molecule has 0 unspecified atom stereocenters. The molecular weight excluding hydrogens is 214 g/mol. The molecule has 0 aromatic heterocycles. The summed E-state index contributed by atoms with van der Waals surface area (Å²) in [6.45, 7) is 0. The molecule has 0 aromatic carbocycles. The molecule has 4 nitrogen and oxygen atoms in total. The van der Waals surface area contributed by atoms with Crippen LogP contribution in [0.1, 0.15) is 0 Å². The van der Waals surface area contributed by atoms with Gasteiger partial charge in [0, 0.05) is 37.2 Å². The molecule has 0 bridgehead atoms. The molecular formula is H3O4PSiZr. The van der Waals surface area contributed by atoms with Gasteiger partial charge in [-0.05, 0) is 0 Å². The van der Waals surface area contributed by atoms with Crippen LogP contribution in [0, 0.1) is 0 Å². The first-order chi connectivity index (χ1) is 2.00. The van der Waals surface area contributed by atoms with Crippen LogP contribution >= 0.6 is 7.82 Å². The van der Waals surface area contributed by atoms with Gasteiger partial charge in [-0.3, -0.25) is 0 Å². The van der Waals surface area contributed by atoms with Crippen molar-refractivity contribution in [2.45, 2.75) is 0 Å². The molecule has 0 aromatic rings. The van der Waals surface area contributed by atoms with E-state index in [4.69, 9.17) is 19.2 Å². The van der Waals surface area contributed by atoms with Gasteiger partial charge in [-0.25, -0.2) is 4.57 Å². The molecule has 0 fully saturated rings. The van der Waals surface area contributed by atoms with Crippen molar-refractivity contribution in [3.8, 4) is 0 Å². The largest absolute Gasteiger partial charge is 0.466 e. The van der Waals surface area contributed by atoms with Crippen LogP contribution in [0.15, 0.2) is 0 Å². The number of hydrogen-bond donors (Lipinski definition) is 3. The zero-order chi connectivity index (χ0) is 4.50. The van der Waals surface area contributed by atoms with E-state index in [0.29, 0.717) is 0 Å². The minimum absolute atomic E-state index is 0. The third-order valence-corrected chi connectivity index (χ3v) is 0. The third kappa shape index (κ3) is 134. The van der Waals surface area contributed by atoms with Gasteiger partial charge in [0.15, 0.2) is 0 Å². The SMILES string of the molecule is O=P(O)(O)O.[Si].[Zr]. The zero-order valence-electron chi connectivity index (χ0n) is 3.20. The van der Waals surface area contributed by atoms with E-state index in [1.54, 1.807) is 0 Å². The molecule has 0 amide bonds. The smallest absolute Gasteiger partial charge is 0.303 e. The first-order valence-corrected chi connectivity index (χ1v) is 2.35. The topological polar surface area (TPSA) is 77.8 Å². The van der Waals surface area contributed by atoms with Gasteiger partial charge < -0.3 is 14.7 Å². The summed E-state index contributed by atoms with van der Waals surface area (Å²) >= 11 is 0. The standard InChI is InChI=1S/H3O4P.Si.Zr/c1-5(2,3)4;;/h(H3,1,2,3,4);;. The summed E-state index contributed by atoms with van der Waals surface area (Å²) < 4.78 is 8.88. The fraction of sp³-hybridized carbons (Fsp3) is 0. The average molecular weight is 217 g/mol. The Hall–Kier alpha value is 1.21. The molecule has 4 radical (unpaired) electrons. The van der Waals surface area contributed by atoms with Crippen molar-refractivity contribution in [1.82, 2.24) is 0 Å². The summed E-state index contributed by atoms with van der Waals surface area (Å²) in [6, 6.07) is 0. The minimum atomic E-state index is -4.64. The number of phosphoric acid groups is 1. The van der Waals surface area contributed by atoms with Gasteiger partial charge in [0.05, 0.1) is 0 Å². The van der Waals surface area contributed by atoms with Crippen LogP contribution in [0.2, 0.25) is 0 Å². The third-order valence-electron chi connectivity index (χ3n) is 0. The predicted octanol–water partition coefficient (Wildman–Crippen LogP) is -1.31. The van der Waals surface area contributed by atoms with Gasteiger partial charge in [0.1, 0.15) is 0 Å². The van der Waals surface area contributed by atoms with E-state index in [2.05, 4.69) is 0 Å². The Kier molecular flexibility index (Phi) is 12.0. The molecule has 0 atom stereocenters. The summed E-state index contributed by atoms with van der Waals surface area (Å²) in [5.74, 6) is 0. The first kappa shape index (κ1) is 15.7. The summed E-state index contributed by atoms with van der Waals surface area (Å²) in [4.78, 5) is 21.6. The van der Waals surface area contributed by atoms with E-state index < -0.39 is 7.82 Å². The van der Waals surface area contributed by atoms with Crippen molar-refractivity contribution in [3.63, 3.8) is 0 Å². The van der Waals surface area contributed by atoms with Gasteiger partial charge in [-0.2, -0.15) is 0 Å². The molecule has 0 spiro atoms. The number of hydrogen-bond acceptors (Lipinski definition) is 1. The summed E-state index contributed by atoms with van der Waals surface area (Å²) in [7, 11) is -4.64. The molecule has 0 aliphatic rings. The molecule has 0 aliphatic carbocycles. The van der Waals surface area contributed by atoms with E-state index in [1.807, 2.05) is 0 Å². The maximum absolute atomic E-state index is 8.88. The van der Waals surface area contributed by atoms with Crippen LogP contribution in [0.4, 0.5) is 0 Å². The molecule has 7 heteroatoms. The Bertz CT molecular complexity index is 57.8. The maximum atomic E-state index is 8.88. The van der Waals surface area contributed by atoms with E-state index >= 15 is 0 Å². The van der Waals surface area contributed by atoms with E-state index in [1.165, 1.54) is 0 Å². The second-order valence-electron chi connectivity index (χ2n) is 0.513. The van der Waals surface area contributed by atoms with Crippen LogP contribution < -0.4 is 0 Å². The van der Waals surface area contributed by atoms with Crippen LogP contribution in [-0.4, -0.2) is 25.6 Å². The van der Waals surface area contributed by atoms with Gasteiger partial charge in [0.2, 0.25) is 0 Å². The number of rotatable bonds is 0. The fourth-order valence-corrected chi connectivity index (χ4v) is 0. The van der Waals surface area contributed by atoms with Crippen LogP contribution in [-0.2, 0) is 30.8 Å². The van der Waals surface area contributed by atoms with Crippen molar-refractivity contribution in [1.29, 1.82) is 0 Å². The Morgan fingerprint density at radius 1 is 1.14 bits per heavy atom. The van der Waals surface area contributed by atoms with Crippen LogP contribution in [0.5, 0.6) is 0 Å². The second kappa shape index (κ2) is 5.35. The Morgan fingerprint density at radius 2 is 1.14 bits per heavy atom. The van der Waals surface area contributed by atoms with Crippen molar-refractivity contribution >= 4 is 18.8 Å². The van der Waals surface area contributed by atoms with Crippen LogP contribution in [0.3, 0.4) is 0 Å². The van der Waals surface area contributed by atoms with Crippen molar-refractivity contribution < 1.29 is 45.4 Å². The fourth-order valence-electron chi connectivity index (χ4n) is 0. The van der Waals surface area contributed by atoms with E-state index in [-0.39, 0.29) is 37.2 Å². The normalized spacial score (nSPS) is 8.43. The zero-order valence-corrected chi connectivity index (χ0v) is 7.55. The monoisotopic (exact) mass is 216 g/mol. The van der Waals surface area contributed by atoms with Gasteiger partial charge in [-0.15, -0.1) is 0 Å². The van der Waals surface area contributed by atoms with Gasteiger partial charge in [-0.1, -0.05) is 0 Å². The van der Waals surface area contributed by atoms with Crippen molar-refractivity contribution in [2.24, 2.45) is 0 Å². The Labute approximate surface area is 64.3 Å². The minimum Gasteiger partial charge on any atom is -0.303 e. The summed E-state index contributed by atoms with van der Waals surface area (Å²) in [6.07, 6.45) is 0. The second-order valence-corrected chi connectivity index (χ2v) is 1.54. The summed E-state index contributed by atoms with van der Waals surface area (Å²) in [5, 5.41) is 0. The molecule has 0 saturated carbocycles. The van der Waals surface area contributed by atoms with Crippen molar-refractivity contribution in [2.75, 3.05) is 0 Å².